The highest BCUT2D eigenvalue weighted by Crippen LogP contribution is 2.07. The minimum atomic E-state index is -0.00125. The quantitative estimate of drug-likeness (QED) is 0.575. The van der Waals surface area contributed by atoms with Gasteiger partial charge in [-0.25, -0.2) is 0 Å². The summed E-state index contributed by atoms with van der Waals surface area (Å²) in [5, 5.41) is 9.33. The van der Waals surface area contributed by atoms with E-state index in [0.29, 0.717) is 13.0 Å². The van der Waals surface area contributed by atoms with Gasteiger partial charge in [0, 0.05) is 25.6 Å². The number of rotatable bonds is 7. The fourth-order valence-electron chi connectivity index (χ4n) is 2.38. The minimum absolute atomic E-state index is 0.00125. The van der Waals surface area contributed by atoms with Gasteiger partial charge >= 0.3 is 0 Å². The van der Waals surface area contributed by atoms with Crippen molar-refractivity contribution in [1.29, 1.82) is 0 Å². The molecule has 0 radical (unpaired) electrons. The van der Waals surface area contributed by atoms with Crippen molar-refractivity contribution in [3.63, 3.8) is 0 Å². The second-order valence-electron chi connectivity index (χ2n) is 5.73. The summed E-state index contributed by atoms with van der Waals surface area (Å²) in [6, 6.07) is 8.20. The molecule has 1 aliphatic rings. The van der Waals surface area contributed by atoms with Crippen molar-refractivity contribution in [3.05, 3.63) is 65.9 Å². The summed E-state index contributed by atoms with van der Waals surface area (Å²) in [4.78, 5) is 11.9. The molecular formula is C19H26N4O. The number of hydrogen-bond donors (Lipinski definition) is 4. The molecule has 1 unspecified atom stereocenters. The summed E-state index contributed by atoms with van der Waals surface area (Å²) >= 11 is 0. The van der Waals surface area contributed by atoms with E-state index in [1.54, 1.807) is 6.20 Å². The van der Waals surface area contributed by atoms with Crippen LogP contribution < -0.4 is 21.7 Å². The topological polar surface area (TPSA) is 79.2 Å². The Bertz CT molecular complexity index is 622. The van der Waals surface area contributed by atoms with Gasteiger partial charge in [-0.3, -0.25) is 10.1 Å². The van der Waals surface area contributed by atoms with Crippen LogP contribution in [-0.2, 0) is 11.3 Å². The Balaban J connectivity index is 1.69. The van der Waals surface area contributed by atoms with Crippen molar-refractivity contribution in [2.75, 3.05) is 6.54 Å². The van der Waals surface area contributed by atoms with Crippen LogP contribution in [0.3, 0.4) is 0 Å². The fraction of sp³-hybridized carbons (Fsp3) is 0.316. The number of nitrogens with two attached hydrogens (primary N) is 1. The van der Waals surface area contributed by atoms with Crippen molar-refractivity contribution in [1.82, 2.24) is 16.0 Å². The largest absolute Gasteiger partial charge is 0.373 e. The van der Waals surface area contributed by atoms with Crippen molar-refractivity contribution < 1.29 is 4.79 Å². The molecule has 1 aromatic carbocycles. The highest BCUT2D eigenvalue weighted by atomic mass is 16.1. The second kappa shape index (κ2) is 9.70. The summed E-state index contributed by atoms with van der Waals surface area (Å²) in [5.74, 6) is -0.00125. The van der Waals surface area contributed by atoms with Gasteiger partial charge in [-0.15, -0.1) is 0 Å². The van der Waals surface area contributed by atoms with Crippen LogP contribution in [-0.4, -0.2) is 24.7 Å². The molecular weight excluding hydrogens is 300 g/mol. The van der Waals surface area contributed by atoms with E-state index in [0.717, 1.165) is 17.7 Å². The Morgan fingerprint density at radius 2 is 2.29 bits per heavy atom. The number of carbonyl (C=O) groups is 1. The molecule has 5 N–H and O–H groups in total. The molecule has 1 heterocycles. The van der Waals surface area contributed by atoms with Crippen LogP contribution in [0.2, 0.25) is 0 Å². The van der Waals surface area contributed by atoms with E-state index < -0.39 is 0 Å². The Morgan fingerprint density at radius 3 is 3.04 bits per heavy atom. The maximum Gasteiger partial charge on any atom is 0.224 e. The number of amides is 1. The van der Waals surface area contributed by atoms with Crippen LogP contribution in [0.4, 0.5) is 0 Å². The van der Waals surface area contributed by atoms with Crippen LogP contribution in [0.25, 0.3) is 6.08 Å². The molecule has 0 aliphatic carbocycles. The predicted octanol–water partition coefficient (Wildman–Crippen LogP) is 1.64. The first kappa shape index (κ1) is 18.0. The lowest BCUT2D eigenvalue weighted by atomic mass is 10.1. The molecule has 0 aromatic heterocycles. The van der Waals surface area contributed by atoms with Crippen LogP contribution in [0.1, 0.15) is 24.5 Å². The number of allylic oxidation sites excluding steroid dienone is 1. The molecule has 128 valence electrons. The van der Waals surface area contributed by atoms with E-state index in [1.165, 1.54) is 0 Å². The molecule has 0 spiro atoms. The summed E-state index contributed by atoms with van der Waals surface area (Å²) in [7, 11) is 0. The van der Waals surface area contributed by atoms with Gasteiger partial charge in [0.1, 0.15) is 0 Å². The van der Waals surface area contributed by atoms with E-state index in [2.05, 4.69) is 22.0 Å². The van der Waals surface area contributed by atoms with Gasteiger partial charge in [0.05, 0.1) is 6.17 Å². The minimum Gasteiger partial charge on any atom is -0.373 e. The van der Waals surface area contributed by atoms with Gasteiger partial charge in [0.25, 0.3) is 0 Å². The Labute approximate surface area is 143 Å². The zero-order valence-electron chi connectivity index (χ0n) is 14.0. The maximum absolute atomic E-state index is 11.9. The van der Waals surface area contributed by atoms with E-state index in [-0.39, 0.29) is 18.1 Å². The van der Waals surface area contributed by atoms with Crippen molar-refractivity contribution in [2.45, 2.75) is 32.1 Å². The molecule has 0 fully saturated rings. The summed E-state index contributed by atoms with van der Waals surface area (Å²) in [6.07, 6.45) is 12.0. The van der Waals surface area contributed by atoms with Gasteiger partial charge in [-0.05, 0) is 30.3 Å². The van der Waals surface area contributed by atoms with Crippen LogP contribution in [0.5, 0.6) is 0 Å². The van der Waals surface area contributed by atoms with Gasteiger partial charge in [0.2, 0.25) is 5.91 Å². The highest BCUT2D eigenvalue weighted by Gasteiger charge is 2.09. The second-order valence-corrected chi connectivity index (χ2v) is 5.73. The van der Waals surface area contributed by atoms with E-state index in [1.807, 2.05) is 55.5 Å². The van der Waals surface area contributed by atoms with Gasteiger partial charge in [0.15, 0.2) is 0 Å². The number of hydrogen-bond acceptors (Lipinski definition) is 4. The standard InChI is InChI=1S/C19H26N4O/c1-2-5-15-6-3-7-16(12-15)13-23-19(24)8-4-11-21-18-10-9-17(20)14-22-18/h2-7,9-12,17-18,21-22H,8,13-14,20H2,1H3,(H,23,24)/b5-2+,11-4-/t17-,18?/m0/s1. The first-order chi connectivity index (χ1) is 11.7. The molecule has 5 nitrogen and oxygen atoms in total. The smallest absolute Gasteiger partial charge is 0.224 e. The third-order valence-corrected chi connectivity index (χ3v) is 3.62. The summed E-state index contributed by atoms with van der Waals surface area (Å²) in [6.45, 7) is 3.27. The molecule has 24 heavy (non-hydrogen) atoms. The predicted molar refractivity (Wildman–Crippen MR) is 98.8 cm³/mol. The third-order valence-electron chi connectivity index (χ3n) is 3.62. The first-order valence-corrected chi connectivity index (χ1v) is 8.24. The lowest BCUT2D eigenvalue weighted by Crippen LogP contribution is -2.47. The molecule has 1 aromatic rings. The highest BCUT2D eigenvalue weighted by molar-refractivity contribution is 5.77. The maximum atomic E-state index is 11.9. The molecule has 1 amide bonds. The number of nitrogens with one attached hydrogen (secondary N) is 3. The van der Waals surface area contributed by atoms with E-state index >= 15 is 0 Å². The fourth-order valence-corrected chi connectivity index (χ4v) is 2.38. The molecule has 0 saturated heterocycles. The Kier molecular flexibility index (Phi) is 7.26. The van der Waals surface area contributed by atoms with Crippen molar-refractivity contribution in [2.24, 2.45) is 5.73 Å². The molecule has 0 saturated carbocycles. The Hall–Kier alpha value is -2.37. The first-order valence-electron chi connectivity index (χ1n) is 8.24. The number of carbonyl (C=O) groups excluding carboxylic acids is 1. The van der Waals surface area contributed by atoms with Gasteiger partial charge in [-0.1, -0.05) is 48.6 Å². The monoisotopic (exact) mass is 326 g/mol. The molecule has 2 rings (SSSR count). The van der Waals surface area contributed by atoms with Crippen LogP contribution in [0.15, 0.2) is 54.8 Å². The third kappa shape index (κ3) is 6.40. The average Bonchev–Trinajstić information content (AvgIpc) is 2.59. The number of benzene rings is 1. The van der Waals surface area contributed by atoms with Crippen molar-refractivity contribution >= 4 is 12.0 Å². The SMILES string of the molecule is C/C=C/c1cccc(CNC(=O)C/C=C\NC2C=C[C@H](N)CN2)c1. The van der Waals surface area contributed by atoms with Crippen molar-refractivity contribution in [3.8, 4) is 0 Å². The lowest BCUT2D eigenvalue weighted by molar-refractivity contribution is -0.120. The normalized spacial score (nSPS) is 20.6. The zero-order valence-corrected chi connectivity index (χ0v) is 14.0. The summed E-state index contributed by atoms with van der Waals surface area (Å²) in [5.41, 5.74) is 7.98. The van der Waals surface area contributed by atoms with Crippen LogP contribution >= 0.6 is 0 Å². The van der Waals surface area contributed by atoms with Gasteiger partial charge < -0.3 is 16.4 Å². The zero-order chi connectivity index (χ0) is 17.2. The van der Waals surface area contributed by atoms with Gasteiger partial charge in [-0.2, -0.15) is 0 Å². The van der Waals surface area contributed by atoms with E-state index in [9.17, 15) is 4.79 Å². The van der Waals surface area contributed by atoms with Crippen LogP contribution in [0, 0.1) is 0 Å². The lowest BCUT2D eigenvalue weighted by Gasteiger charge is -2.22. The van der Waals surface area contributed by atoms with E-state index in [4.69, 9.17) is 5.73 Å². The molecule has 0 bridgehead atoms. The molecule has 2 atom stereocenters. The Morgan fingerprint density at radius 1 is 1.42 bits per heavy atom. The average molecular weight is 326 g/mol. The molecule has 1 aliphatic heterocycles. The summed E-state index contributed by atoms with van der Waals surface area (Å²) < 4.78 is 0. The molecule has 5 heteroatoms.